The fourth-order valence-corrected chi connectivity index (χ4v) is 4.81. The molecule has 9 heteroatoms. The number of carbonyl (C=O) groups excluding carboxylic acids is 1. The molecule has 0 aliphatic heterocycles. The monoisotopic (exact) mass is 493 g/mol. The Morgan fingerprint density at radius 2 is 1.61 bits per heavy atom. The summed E-state index contributed by atoms with van der Waals surface area (Å²) in [5.41, 5.74) is 1.88. The van der Waals surface area contributed by atoms with E-state index in [1.165, 1.54) is 0 Å². The van der Waals surface area contributed by atoms with Crippen molar-refractivity contribution >= 4 is 34.1 Å². The molecule has 4 rings (SSSR count). The van der Waals surface area contributed by atoms with Gasteiger partial charge in [-0.05, 0) is 31.7 Å². The SMILES string of the molecule is COc1cc(NC(=O)NC2(Nc3cc(N(C)C)c4ccccc4n3)CCCCC2)cc(OC)c1OC. The van der Waals surface area contributed by atoms with Crippen LogP contribution in [0.2, 0.25) is 0 Å². The van der Waals surface area contributed by atoms with Crippen molar-refractivity contribution < 1.29 is 19.0 Å². The summed E-state index contributed by atoms with van der Waals surface area (Å²) < 4.78 is 16.2. The number of hydrogen-bond acceptors (Lipinski definition) is 7. The number of aromatic nitrogens is 1. The number of benzene rings is 2. The molecule has 2 amide bonds. The molecule has 0 saturated heterocycles. The number of anilines is 3. The van der Waals surface area contributed by atoms with Crippen molar-refractivity contribution in [1.29, 1.82) is 0 Å². The van der Waals surface area contributed by atoms with Crippen molar-refractivity contribution in [1.82, 2.24) is 10.3 Å². The van der Waals surface area contributed by atoms with Gasteiger partial charge in [0.05, 0.1) is 32.5 Å². The molecule has 0 radical (unpaired) electrons. The van der Waals surface area contributed by atoms with Crippen molar-refractivity contribution in [2.24, 2.45) is 0 Å². The van der Waals surface area contributed by atoms with Gasteiger partial charge in [0.15, 0.2) is 11.5 Å². The second-order valence-electron chi connectivity index (χ2n) is 9.20. The highest BCUT2D eigenvalue weighted by atomic mass is 16.5. The van der Waals surface area contributed by atoms with E-state index in [1.807, 2.05) is 38.4 Å². The standard InChI is InChI=1S/C27H35N5O4/c1-32(2)21-17-24(29-20-12-8-7-11-19(20)21)30-27(13-9-6-10-14-27)31-26(33)28-18-15-22(34-3)25(36-5)23(16-18)35-4/h7-8,11-12,15-17H,6,9-10,13-14H2,1-5H3,(H,29,30)(H2,28,31,33). The quantitative estimate of drug-likeness (QED) is 0.370. The number of nitrogens with zero attached hydrogens (tertiary/aromatic N) is 2. The van der Waals surface area contributed by atoms with Gasteiger partial charge >= 0.3 is 6.03 Å². The zero-order valence-electron chi connectivity index (χ0n) is 21.6. The van der Waals surface area contributed by atoms with E-state index in [1.54, 1.807) is 33.5 Å². The molecule has 2 aromatic carbocycles. The third kappa shape index (κ3) is 5.35. The minimum Gasteiger partial charge on any atom is -0.493 e. The fraction of sp³-hybridized carbons (Fsp3) is 0.407. The summed E-state index contributed by atoms with van der Waals surface area (Å²) in [6.45, 7) is 0. The van der Waals surface area contributed by atoms with Gasteiger partial charge in [0.2, 0.25) is 5.75 Å². The number of carbonyl (C=O) groups is 1. The lowest BCUT2D eigenvalue weighted by Gasteiger charge is -2.39. The molecular formula is C27H35N5O4. The van der Waals surface area contributed by atoms with Crippen LogP contribution in [0.4, 0.5) is 22.0 Å². The lowest BCUT2D eigenvalue weighted by Crippen LogP contribution is -2.56. The molecule has 1 aromatic heterocycles. The molecule has 1 heterocycles. The number of urea groups is 1. The average Bonchev–Trinajstić information content (AvgIpc) is 2.87. The molecule has 1 fully saturated rings. The number of rotatable bonds is 8. The number of nitrogens with one attached hydrogen (secondary N) is 3. The third-order valence-corrected chi connectivity index (χ3v) is 6.53. The molecule has 3 N–H and O–H groups in total. The Kier molecular flexibility index (Phi) is 7.57. The summed E-state index contributed by atoms with van der Waals surface area (Å²) in [6.07, 6.45) is 4.73. The lowest BCUT2D eigenvalue weighted by atomic mass is 9.88. The van der Waals surface area contributed by atoms with Crippen molar-refractivity contribution in [2.45, 2.75) is 37.8 Å². The molecule has 1 saturated carbocycles. The van der Waals surface area contributed by atoms with Crippen molar-refractivity contribution in [2.75, 3.05) is 51.0 Å². The summed E-state index contributed by atoms with van der Waals surface area (Å²) in [6, 6.07) is 13.2. The van der Waals surface area contributed by atoms with Crippen LogP contribution in [0, 0.1) is 0 Å². The highest BCUT2D eigenvalue weighted by molar-refractivity contribution is 5.94. The van der Waals surface area contributed by atoms with Gasteiger partial charge in [-0.3, -0.25) is 0 Å². The molecule has 3 aromatic rings. The Labute approximate surface area is 212 Å². The molecule has 0 unspecified atom stereocenters. The largest absolute Gasteiger partial charge is 0.493 e. The molecule has 192 valence electrons. The van der Waals surface area contributed by atoms with Crippen LogP contribution in [0.1, 0.15) is 32.1 Å². The highest BCUT2D eigenvalue weighted by Gasteiger charge is 2.34. The van der Waals surface area contributed by atoms with Crippen molar-refractivity contribution in [3.63, 3.8) is 0 Å². The zero-order valence-corrected chi connectivity index (χ0v) is 21.6. The molecule has 0 bridgehead atoms. The number of hydrogen-bond donors (Lipinski definition) is 3. The van der Waals surface area contributed by atoms with E-state index in [-0.39, 0.29) is 6.03 Å². The number of amides is 2. The highest BCUT2D eigenvalue weighted by Crippen LogP contribution is 2.40. The summed E-state index contributed by atoms with van der Waals surface area (Å²) >= 11 is 0. The summed E-state index contributed by atoms with van der Waals surface area (Å²) in [4.78, 5) is 20.1. The van der Waals surface area contributed by atoms with Gasteiger partial charge in [-0.25, -0.2) is 9.78 Å². The Morgan fingerprint density at radius 1 is 0.944 bits per heavy atom. The summed E-state index contributed by atoms with van der Waals surface area (Å²) in [5, 5.41) is 10.8. The van der Waals surface area contributed by atoms with Gasteiger partial charge in [-0.15, -0.1) is 0 Å². The maximum absolute atomic E-state index is 13.2. The minimum atomic E-state index is -0.623. The number of pyridine rings is 1. The van der Waals surface area contributed by atoms with Crippen LogP contribution < -0.4 is 35.1 Å². The van der Waals surface area contributed by atoms with Crippen molar-refractivity contribution in [3.05, 3.63) is 42.5 Å². The summed E-state index contributed by atoms with van der Waals surface area (Å²) in [5.74, 6) is 2.13. The van der Waals surface area contributed by atoms with E-state index in [0.717, 1.165) is 54.5 Å². The van der Waals surface area contributed by atoms with Gasteiger partial charge in [-0.1, -0.05) is 24.6 Å². The molecule has 1 aliphatic carbocycles. The predicted molar refractivity (Wildman–Crippen MR) is 144 cm³/mol. The minimum absolute atomic E-state index is 0.327. The van der Waals surface area contributed by atoms with Crippen LogP contribution in [0.5, 0.6) is 17.2 Å². The van der Waals surface area contributed by atoms with E-state index in [9.17, 15) is 4.79 Å². The van der Waals surface area contributed by atoms with Crippen LogP contribution in [0.15, 0.2) is 42.5 Å². The smallest absolute Gasteiger partial charge is 0.321 e. The second-order valence-corrected chi connectivity index (χ2v) is 9.20. The average molecular weight is 494 g/mol. The van der Waals surface area contributed by atoms with Gasteiger partial charge in [0.1, 0.15) is 11.5 Å². The van der Waals surface area contributed by atoms with Crippen LogP contribution in [-0.2, 0) is 0 Å². The Balaban J connectivity index is 1.60. The third-order valence-electron chi connectivity index (χ3n) is 6.53. The maximum atomic E-state index is 13.2. The molecule has 0 spiro atoms. The van der Waals surface area contributed by atoms with Gasteiger partial charge in [0.25, 0.3) is 0 Å². The van der Waals surface area contributed by atoms with Crippen LogP contribution in [-0.4, -0.2) is 52.1 Å². The summed E-state index contributed by atoms with van der Waals surface area (Å²) in [7, 11) is 8.67. The van der Waals surface area contributed by atoms with Crippen LogP contribution >= 0.6 is 0 Å². The number of methoxy groups -OCH3 is 3. The molecule has 9 nitrogen and oxygen atoms in total. The van der Waals surface area contributed by atoms with Crippen LogP contribution in [0.3, 0.4) is 0 Å². The van der Waals surface area contributed by atoms with E-state index < -0.39 is 5.66 Å². The first-order valence-electron chi connectivity index (χ1n) is 12.1. The molecule has 0 atom stereocenters. The van der Waals surface area contributed by atoms with Gasteiger partial charge in [0, 0.05) is 43.4 Å². The Morgan fingerprint density at radius 3 is 2.22 bits per heavy atom. The van der Waals surface area contributed by atoms with E-state index in [4.69, 9.17) is 19.2 Å². The number of fused-ring (bicyclic) bond motifs is 1. The number of para-hydroxylation sites is 1. The van der Waals surface area contributed by atoms with Crippen LogP contribution in [0.25, 0.3) is 10.9 Å². The molecule has 1 aliphatic rings. The zero-order chi connectivity index (χ0) is 25.7. The lowest BCUT2D eigenvalue weighted by molar-refractivity contribution is 0.225. The first-order chi connectivity index (χ1) is 17.4. The van der Waals surface area contributed by atoms with E-state index in [0.29, 0.717) is 22.9 Å². The van der Waals surface area contributed by atoms with E-state index >= 15 is 0 Å². The topological polar surface area (TPSA) is 97.0 Å². The Bertz CT molecular complexity index is 1200. The fourth-order valence-electron chi connectivity index (χ4n) is 4.81. The maximum Gasteiger partial charge on any atom is 0.321 e. The molecule has 36 heavy (non-hydrogen) atoms. The molecular weight excluding hydrogens is 458 g/mol. The van der Waals surface area contributed by atoms with Crippen molar-refractivity contribution in [3.8, 4) is 17.2 Å². The first kappa shape index (κ1) is 25.2. The van der Waals surface area contributed by atoms with E-state index in [2.05, 4.69) is 26.9 Å². The second kappa shape index (κ2) is 10.8. The number of ether oxygens (including phenoxy) is 3. The van der Waals surface area contributed by atoms with Gasteiger partial charge < -0.3 is 35.1 Å². The normalized spacial score (nSPS) is 14.6. The predicted octanol–water partition coefficient (Wildman–Crippen LogP) is 5.22. The van der Waals surface area contributed by atoms with Gasteiger partial charge in [-0.2, -0.15) is 0 Å². The first-order valence-corrected chi connectivity index (χ1v) is 12.1. The Hall–Kier alpha value is -3.88.